The Labute approximate surface area is 152 Å². The molecule has 1 rings (SSSR count). The second-order valence-corrected chi connectivity index (χ2v) is 5.49. The molecule has 0 bridgehead atoms. The van der Waals surface area contributed by atoms with Crippen molar-refractivity contribution in [2.75, 3.05) is 40.0 Å². The average Bonchev–Trinajstić information content (AvgIpc) is 2.62. The fourth-order valence-electron chi connectivity index (χ4n) is 2.35. The van der Waals surface area contributed by atoms with E-state index in [4.69, 9.17) is 14.2 Å². The highest BCUT2D eigenvalue weighted by Gasteiger charge is 2.12. The molecule has 0 fully saturated rings. The molecule has 1 aromatic carbocycles. The van der Waals surface area contributed by atoms with Gasteiger partial charge in [0.25, 0.3) is 0 Å². The Morgan fingerprint density at radius 3 is 2.44 bits per heavy atom. The number of nitrogens with zero attached hydrogens (tertiary/aromatic N) is 1. The van der Waals surface area contributed by atoms with Gasteiger partial charge in [-0.05, 0) is 51.8 Å². The predicted octanol–water partition coefficient (Wildman–Crippen LogP) is 3.14. The zero-order valence-electron chi connectivity index (χ0n) is 16.2. The van der Waals surface area contributed by atoms with Gasteiger partial charge in [0, 0.05) is 26.8 Å². The molecule has 1 aromatic rings. The molecule has 6 nitrogen and oxygen atoms in total. The van der Waals surface area contributed by atoms with Crippen LogP contribution >= 0.6 is 0 Å². The number of ether oxygens (including phenoxy) is 3. The van der Waals surface area contributed by atoms with Gasteiger partial charge in [-0.15, -0.1) is 0 Å². The van der Waals surface area contributed by atoms with Crippen molar-refractivity contribution in [2.24, 2.45) is 4.99 Å². The maximum absolute atomic E-state index is 5.70. The smallest absolute Gasteiger partial charge is 0.191 e. The summed E-state index contributed by atoms with van der Waals surface area (Å²) >= 11 is 0. The third-order valence-corrected chi connectivity index (χ3v) is 3.61. The first kappa shape index (κ1) is 21.1. The molecule has 0 aromatic heterocycles. The number of hydrogen-bond donors (Lipinski definition) is 2. The Morgan fingerprint density at radius 1 is 1.08 bits per heavy atom. The van der Waals surface area contributed by atoms with Crippen LogP contribution in [0.15, 0.2) is 23.2 Å². The second kappa shape index (κ2) is 12.4. The first-order valence-corrected chi connectivity index (χ1v) is 9.10. The SMILES string of the molecule is CCOCCCNC(=NC)NC(C)c1ccc(OCC)c(OCC)c1. The molecule has 0 radical (unpaired) electrons. The fourth-order valence-corrected chi connectivity index (χ4v) is 2.35. The lowest BCUT2D eigenvalue weighted by atomic mass is 10.1. The first-order chi connectivity index (χ1) is 12.2. The van der Waals surface area contributed by atoms with Crippen LogP contribution in [0.4, 0.5) is 0 Å². The number of rotatable bonds is 11. The minimum atomic E-state index is 0.0907. The Hall–Kier alpha value is -1.95. The maximum atomic E-state index is 5.70. The van der Waals surface area contributed by atoms with Gasteiger partial charge in [-0.1, -0.05) is 6.07 Å². The molecule has 0 aliphatic heterocycles. The van der Waals surface area contributed by atoms with Gasteiger partial charge in [-0.2, -0.15) is 0 Å². The summed E-state index contributed by atoms with van der Waals surface area (Å²) in [6.07, 6.45) is 0.945. The summed E-state index contributed by atoms with van der Waals surface area (Å²) in [5.74, 6) is 2.32. The molecular weight excluding hydrogens is 318 g/mol. The average molecular weight is 351 g/mol. The molecule has 0 heterocycles. The monoisotopic (exact) mass is 351 g/mol. The Balaban J connectivity index is 2.65. The normalized spacial score (nSPS) is 12.6. The summed E-state index contributed by atoms with van der Waals surface area (Å²) in [7, 11) is 1.77. The number of aliphatic imine (C=N–C) groups is 1. The molecule has 0 saturated heterocycles. The fraction of sp³-hybridized carbons (Fsp3) is 0.632. The summed E-state index contributed by atoms with van der Waals surface area (Å²) in [5.41, 5.74) is 1.11. The molecular formula is C19H33N3O3. The lowest BCUT2D eigenvalue weighted by molar-refractivity contribution is 0.145. The minimum Gasteiger partial charge on any atom is -0.490 e. The van der Waals surface area contributed by atoms with Gasteiger partial charge in [0.2, 0.25) is 0 Å². The van der Waals surface area contributed by atoms with Crippen LogP contribution in [0.1, 0.15) is 45.7 Å². The van der Waals surface area contributed by atoms with E-state index in [1.807, 2.05) is 39.0 Å². The Bertz CT molecular complexity index is 521. The third kappa shape index (κ3) is 7.65. The molecule has 2 N–H and O–H groups in total. The zero-order chi connectivity index (χ0) is 18.5. The van der Waals surface area contributed by atoms with Crippen LogP contribution in [0.25, 0.3) is 0 Å². The highest BCUT2D eigenvalue weighted by atomic mass is 16.5. The molecule has 0 amide bonds. The third-order valence-electron chi connectivity index (χ3n) is 3.61. The van der Waals surface area contributed by atoms with Crippen molar-refractivity contribution >= 4 is 5.96 Å². The van der Waals surface area contributed by atoms with Gasteiger partial charge in [0.05, 0.1) is 19.3 Å². The van der Waals surface area contributed by atoms with E-state index >= 15 is 0 Å². The molecule has 0 spiro atoms. The number of nitrogens with one attached hydrogen (secondary N) is 2. The molecule has 25 heavy (non-hydrogen) atoms. The first-order valence-electron chi connectivity index (χ1n) is 9.10. The molecule has 1 atom stereocenters. The Kier molecular flexibility index (Phi) is 10.5. The zero-order valence-corrected chi connectivity index (χ0v) is 16.2. The van der Waals surface area contributed by atoms with E-state index in [9.17, 15) is 0 Å². The maximum Gasteiger partial charge on any atom is 0.191 e. The van der Waals surface area contributed by atoms with Crippen LogP contribution < -0.4 is 20.1 Å². The van der Waals surface area contributed by atoms with E-state index in [2.05, 4.69) is 22.5 Å². The molecule has 1 unspecified atom stereocenters. The highest BCUT2D eigenvalue weighted by Crippen LogP contribution is 2.30. The lowest BCUT2D eigenvalue weighted by Crippen LogP contribution is -2.39. The minimum absolute atomic E-state index is 0.0907. The van der Waals surface area contributed by atoms with Gasteiger partial charge < -0.3 is 24.8 Å². The van der Waals surface area contributed by atoms with E-state index in [-0.39, 0.29) is 6.04 Å². The standard InChI is InChI=1S/C19H33N3O3/c1-6-23-13-9-12-21-19(20-5)22-15(4)16-10-11-17(24-7-2)18(14-16)25-8-3/h10-11,14-15H,6-9,12-13H2,1-5H3,(H2,20,21,22). The second-order valence-electron chi connectivity index (χ2n) is 5.49. The lowest BCUT2D eigenvalue weighted by Gasteiger charge is -2.20. The number of benzene rings is 1. The predicted molar refractivity (Wildman–Crippen MR) is 103 cm³/mol. The van der Waals surface area contributed by atoms with Crippen molar-refractivity contribution in [3.05, 3.63) is 23.8 Å². The van der Waals surface area contributed by atoms with Crippen LogP contribution in [0.3, 0.4) is 0 Å². The van der Waals surface area contributed by atoms with Crippen molar-refractivity contribution in [2.45, 2.75) is 40.2 Å². The number of hydrogen-bond acceptors (Lipinski definition) is 4. The molecule has 142 valence electrons. The molecule has 0 saturated carbocycles. The summed E-state index contributed by atoms with van der Waals surface area (Å²) in [4.78, 5) is 4.27. The van der Waals surface area contributed by atoms with Gasteiger partial charge in [0.1, 0.15) is 0 Å². The highest BCUT2D eigenvalue weighted by molar-refractivity contribution is 5.80. The van der Waals surface area contributed by atoms with Crippen molar-refractivity contribution in [3.63, 3.8) is 0 Å². The molecule has 0 aliphatic rings. The van der Waals surface area contributed by atoms with Crippen LogP contribution in [-0.4, -0.2) is 46.0 Å². The number of guanidine groups is 1. The van der Waals surface area contributed by atoms with Crippen LogP contribution in [0.5, 0.6) is 11.5 Å². The summed E-state index contributed by atoms with van der Waals surface area (Å²) in [5, 5.41) is 6.70. The summed E-state index contributed by atoms with van der Waals surface area (Å²) in [6, 6.07) is 6.12. The quantitative estimate of drug-likeness (QED) is 0.364. The van der Waals surface area contributed by atoms with Crippen molar-refractivity contribution in [3.8, 4) is 11.5 Å². The van der Waals surface area contributed by atoms with Crippen LogP contribution in [0, 0.1) is 0 Å². The van der Waals surface area contributed by atoms with E-state index in [0.717, 1.165) is 49.2 Å². The van der Waals surface area contributed by atoms with Gasteiger partial charge in [-0.25, -0.2) is 0 Å². The van der Waals surface area contributed by atoms with Gasteiger partial charge in [-0.3, -0.25) is 4.99 Å². The molecule has 6 heteroatoms. The van der Waals surface area contributed by atoms with Crippen molar-refractivity contribution in [1.29, 1.82) is 0 Å². The van der Waals surface area contributed by atoms with Gasteiger partial charge in [0.15, 0.2) is 17.5 Å². The van der Waals surface area contributed by atoms with Crippen molar-refractivity contribution in [1.82, 2.24) is 10.6 Å². The summed E-state index contributed by atoms with van der Waals surface area (Å²) in [6.45, 7) is 11.6. The van der Waals surface area contributed by atoms with E-state index < -0.39 is 0 Å². The largest absolute Gasteiger partial charge is 0.490 e. The van der Waals surface area contributed by atoms with E-state index in [1.54, 1.807) is 7.05 Å². The Morgan fingerprint density at radius 2 is 1.80 bits per heavy atom. The van der Waals surface area contributed by atoms with E-state index in [1.165, 1.54) is 0 Å². The van der Waals surface area contributed by atoms with Crippen LogP contribution in [-0.2, 0) is 4.74 Å². The van der Waals surface area contributed by atoms with Crippen molar-refractivity contribution < 1.29 is 14.2 Å². The van der Waals surface area contributed by atoms with E-state index in [0.29, 0.717) is 13.2 Å². The topological polar surface area (TPSA) is 64.1 Å². The summed E-state index contributed by atoms with van der Waals surface area (Å²) < 4.78 is 16.7. The molecule has 0 aliphatic carbocycles. The van der Waals surface area contributed by atoms with Gasteiger partial charge >= 0.3 is 0 Å². The van der Waals surface area contributed by atoms with Crippen LogP contribution in [0.2, 0.25) is 0 Å².